The Labute approximate surface area is 205 Å². The Morgan fingerprint density at radius 2 is 0.824 bits per heavy atom. The lowest BCUT2D eigenvalue weighted by atomic mass is 9.88. The van der Waals surface area contributed by atoms with Gasteiger partial charge in [-0.3, -0.25) is 0 Å². The number of azo groups is 1. The molecule has 0 aromatic heterocycles. The molecule has 0 aromatic carbocycles. The summed E-state index contributed by atoms with van der Waals surface area (Å²) in [6.45, 7) is 0. The van der Waals surface area contributed by atoms with Gasteiger partial charge in [0.2, 0.25) is 0 Å². The standard InChI is InChI=1S/C26H46N6O2/c33-23(27-21-13-5-1-6-14-21)29-25(17-9-3-10-18-25)31-32-26(19-11-4-12-20-26)30-24(34)28-22-15-7-2-8-16-22/h21-22H,1-20H2,(H2,27,29,33)(H2,28,30,34). The largest absolute Gasteiger partial charge is 0.335 e. The minimum absolute atomic E-state index is 0.117. The van der Waals surface area contributed by atoms with E-state index in [1.54, 1.807) is 0 Å². The summed E-state index contributed by atoms with van der Waals surface area (Å²) < 4.78 is 0. The molecule has 0 radical (unpaired) electrons. The average molecular weight is 475 g/mol. The molecule has 4 aliphatic carbocycles. The number of nitrogens with one attached hydrogen (secondary N) is 4. The molecule has 0 spiro atoms. The van der Waals surface area contributed by atoms with E-state index in [2.05, 4.69) is 21.3 Å². The molecule has 0 bridgehead atoms. The first-order valence-electron chi connectivity index (χ1n) is 14.2. The van der Waals surface area contributed by atoms with E-state index in [4.69, 9.17) is 10.2 Å². The molecule has 0 heterocycles. The first kappa shape index (κ1) is 25.2. The van der Waals surface area contributed by atoms with Gasteiger partial charge in [0.1, 0.15) is 0 Å². The van der Waals surface area contributed by atoms with Crippen molar-refractivity contribution in [3.05, 3.63) is 0 Å². The van der Waals surface area contributed by atoms with E-state index in [1.165, 1.54) is 38.5 Å². The van der Waals surface area contributed by atoms with Gasteiger partial charge in [-0.2, -0.15) is 10.2 Å². The van der Waals surface area contributed by atoms with Crippen molar-refractivity contribution in [2.24, 2.45) is 10.2 Å². The van der Waals surface area contributed by atoms with Gasteiger partial charge < -0.3 is 21.3 Å². The highest BCUT2D eigenvalue weighted by Gasteiger charge is 2.39. The van der Waals surface area contributed by atoms with Gasteiger partial charge in [-0.25, -0.2) is 9.59 Å². The second kappa shape index (κ2) is 12.2. The first-order chi connectivity index (χ1) is 16.6. The Balaban J connectivity index is 1.41. The van der Waals surface area contributed by atoms with Crippen molar-refractivity contribution in [1.29, 1.82) is 0 Å². The number of hydrogen-bond acceptors (Lipinski definition) is 4. The highest BCUT2D eigenvalue weighted by molar-refractivity contribution is 5.75. The molecule has 0 atom stereocenters. The molecule has 4 aliphatic rings. The van der Waals surface area contributed by atoms with Crippen LogP contribution in [0.25, 0.3) is 0 Å². The van der Waals surface area contributed by atoms with Crippen LogP contribution in [0.4, 0.5) is 9.59 Å². The Morgan fingerprint density at radius 1 is 0.500 bits per heavy atom. The Kier molecular flexibility index (Phi) is 9.06. The fourth-order valence-electron chi connectivity index (χ4n) is 6.32. The van der Waals surface area contributed by atoms with Gasteiger partial charge in [0.05, 0.1) is 0 Å². The number of rotatable bonds is 6. The zero-order valence-corrected chi connectivity index (χ0v) is 21.0. The van der Waals surface area contributed by atoms with Crippen LogP contribution in [0.1, 0.15) is 128 Å². The van der Waals surface area contributed by atoms with Crippen LogP contribution in [-0.4, -0.2) is 35.5 Å². The third kappa shape index (κ3) is 7.32. The fourth-order valence-corrected chi connectivity index (χ4v) is 6.32. The molecule has 0 aromatic rings. The van der Waals surface area contributed by atoms with Crippen LogP contribution in [0, 0.1) is 0 Å². The minimum atomic E-state index is -0.664. The molecule has 0 saturated heterocycles. The quantitative estimate of drug-likeness (QED) is 0.353. The summed E-state index contributed by atoms with van der Waals surface area (Å²) in [5, 5.41) is 22.5. The van der Waals surface area contributed by atoms with Gasteiger partial charge in [0, 0.05) is 12.1 Å². The summed E-state index contributed by atoms with van der Waals surface area (Å²) in [7, 11) is 0. The number of hydrogen-bond donors (Lipinski definition) is 4. The second-order valence-corrected chi connectivity index (χ2v) is 11.3. The average Bonchev–Trinajstić information content (AvgIpc) is 2.85. The Morgan fingerprint density at radius 3 is 1.18 bits per heavy atom. The minimum Gasteiger partial charge on any atom is -0.335 e. The van der Waals surface area contributed by atoms with Crippen molar-refractivity contribution in [1.82, 2.24) is 21.3 Å². The SMILES string of the molecule is O=C(NC1CCCCC1)NC1(N=NC2(NC(=O)NC3CCCCC3)CCCCC2)CCCCC1. The maximum absolute atomic E-state index is 12.9. The predicted octanol–water partition coefficient (Wildman–Crippen LogP) is 6.02. The number of nitrogens with zero attached hydrogens (tertiary/aromatic N) is 2. The molecular formula is C26H46N6O2. The molecule has 4 rings (SSSR count). The van der Waals surface area contributed by atoms with Gasteiger partial charge in [-0.1, -0.05) is 51.4 Å². The zero-order valence-electron chi connectivity index (χ0n) is 21.0. The summed E-state index contributed by atoms with van der Waals surface area (Å²) in [5.41, 5.74) is -1.33. The van der Waals surface area contributed by atoms with Gasteiger partial charge in [0.25, 0.3) is 0 Å². The molecule has 0 unspecified atom stereocenters. The van der Waals surface area contributed by atoms with Gasteiger partial charge >= 0.3 is 12.1 Å². The molecule has 8 nitrogen and oxygen atoms in total. The molecule has 4 saturated carbocycles. The van der Waals surface area contributed by atoms with Crippen LogP contribution < -0.4 is 21.3 Å². The van der Waals surface area contributed by atoms with Crippen LogP contribution in [0.5, 0.6) is 0 Å². The summed E-state index contributed by atoms with van der Waals surface area (Å²) in [6, 6.07) is 0.296. The Bertz CT molecular complexity index is 629. The summed E-state index contributed by atoms with van der Waals surface area (Å²) in [4.78, 5) is 25.8. The highest BCUT2D eigenvalue weighted by atomic mass is 16.2. The number of carbonyl (C=O) groups excluding carboxylic acids is 2. The van der Waals surface area contributed by atoms with Crippen molar-refractivity contribution in [2.75, 3.05) is 0 Å². The molecule has 34 heavy (non-hydrogen) atoms. The molecule has 192 valence electrons. The monoisotopic (exact) mass is 474 g/mol. The summed E-state index contributed by atoms with van der Waals surface area (Å²) in [6.07, 6.45) is 21.2. The van der Waals surface area contributed by atoms with E-state index in [1.807, 2.05) is 0 Å². The van der Waals surface area contributed by atoms with Crippen molar-refractivity contribution < 1.29 is 9.59 Å². The van der Waals surface area contributed by atoms with E-state index < -0.39 is 11.3 Å². The lowest BCUT2D eigenvalue weighted by Gasteiger charge is -2.38. The van der Waals surface area contributed by atoms with Crippen molar-refractivity contribution >= 4 is 12.1 Å². The van der Waals surface area contributed by atoms with E-state index in [9.17, 15) is 9.59 Å². The first-order valence-corrected chi connectivity index (χ1v) is 14.2. The Hall–Kier alpha value is -1.86. The van der Waals surface area contributed by atoms with E-state index in [0.29, 0.717) is 0 Å². The zero-order chi connectivity index (χ0) is 23.7. The van der Waals surface area contributed by atoms with E-state index >= 15 is 0 Å². The highest BCUT2D eigenvalue weighted by Crippen LogP contribution is 2.34. The summed E-state index contributed by atoms with van der Waals surface area (Å²) in [5.74, 6) is 0. The topological polar surface area (TPSA) is 107 Å². The van der Waals surface area contributed by atoms with E-state index in [0.717, 1.165) is 89.9 Å². The van der Waals surface area contributed by atoms with Crippen LogP contribution in [0.3, 0.4) is 0 Å². The number of carbonyl (C=O) groups is 2. The smallest absolute Gasteiger partial charge is 0.316 e. The van der Waals surface area contributed by atoms with E-state index in [-0.39, 0.29) is 24.1 Å². The third-order valence-electron chi connectivity index (χ3n) is 8.37. The van der Waals surface area contributed by atoms with Crippen molar-refractivity contribution in [3.8, 4) is 0 Å². The van der Waals surface area contributed by atoms with Crippen LogP contribution in [-0.2, 0) is 0 Å². The third-order valence-corrected chi connectivity index (χ3v) is 8.37. The molecule has 4 amide bonds. The molecule has 8 heteroatoms. The van der Waals surface area contributed by atoms with Crippen LogP contribution in [0.15, 0.2) is 10.2 Å². The van der Waals surface area contributed by atoms with Crippen LogP contribution >= 0.6 is 0 Å². The molecular weight excluding hydrogens is 428 g/mol. The van der Waals surface area contributed by atoms with Crippen LogP contribution in [0.2, 0.25) is 0 Å². The normalized spacial score (nSPS) is 26.0. The number of amides is 4. The lowest BCUT2D eigenvalue weighted by molar-refractivity contribution is 0.173. The lowest BCUT2D eigenvalue weighted by Crippen LogP contribution is -2.56. The predicted molar refractivity (Wildman–Crippen MR) is 134 cm³/mol. The van der Waals surface area contributed by atoms with Gasteiger partial charge in [-0.15, -0.1) is 0 Å². The molecule has 4 fully saturated rings. The molecule has 4 N–H and O–H groups in total. The van der Waals surface area contributed by atoms with Crippen molar-refractivity contribution in [2.45, 2.75) is 152 Å². The maximum Gasteiger partial charge on any atom is 0.316 e. The second-order valence-electron chi connectivity index (χ2n) is 11.3. The fraction of sp³-hybridized carbons (Fsp3) is 0.923. The van der Waals surface area contributed by atoms with Gasteiger partial charge in [0.15, 0.2) is 11.3 Å². The molecule has 0 aliphatic heterocycles. The van der Waals surface area contributed by atoms with Gasteiger partial charge in [-0.05, 0) is 77.0 Å². The maximum atomic E-state index is 12.9. The number of urea groups is 2. The van der Waals surface area contributed by atoms with Crippen molar-refractivity contribution in [3.63, 3.8) is 0 Å². The summed E-state index contributed by atoms with van der Waals surface area (Å²) >= 11 is 0.